The standard InChI is InChI=1S/C24H31N5O4/c30-22-5-8-29(24(31)25-22)23-20-11-17(1-4-21(20)33-26-23)13-28-15-18-2-3-19(28)14-27(18)12-16-6-9-32-10-7-16/h1,4,11,16,18-19H,2-3,5-10,12-15H2,(H,25,30,31)/t18-,19-/m1/s1. The highest BCUT2D eigenvalue weighted by Crippen LogP contribution is 2.33. The van der Waals surface area contributed by atoms with Crippen molar-refractivity contribution >= 4 is 28.7 Å². The molecular weight excluding hydrogens is 422 g/mol. The Hall–Kier alpha value is -2.49. The van der Waals surface area contributed by atoms with Gasteiger partial charge in [0.05, 0.1) is 5.39 Å². The van der Waals surface area contributed by atoms with Crippen LogP contribution in [0.5, 0.6) is 0 Å². The number of piperazine rings is 1. The Kier molecular flexibility index (Phi) is 5.55. The zero-order valence-electron chi connectivity index (χ0n) is 18.9. The van der Waals surface area contributed by atoms with E-state index in [0.717, 1.165) is 44.2 Å². The van der Waals surface area contributed by atoms with Crippen LogP contribution in [0.25, 0.3) is 11.0 Å². The fraction of sp³-hybridized carbons (Fsp3) is 0.625. The maximum atomic E-state index is 12.3. The third kappa shape index (κ3) is 4.13. The average Bonchev–Trinajstić information content (AvgIpc) is 3.24. The van der Waals surface area contributed by atoms with Crippen LogP contribution in [0.3, 0.4) is 0 Å². The highest BCUT2D eigenvalue weighted by Gasteiger charge is 2.39. The van der Waals surface area contributed by atoms with Crippen LogP contribution in [0.1, 0.15) is 37.7 Å². The van der Waals surface area contributed by atoms with E-state index in [4.69, 9.17) is 9.26 Å². The predicted molar refractivity (Wildman–Crippen MR) is 122 cm³/mol. The van der Waals surface area contributed by atoms with E-state index in [1.165, 1.54) is 42.7 Å². The van der Waals surface area contributed by atoms with Crippen molar-refractivity contribution in [2.75, 3.05) is 44.3 Å². The van der Waals surface area contributed by atoms with Crippen LogP contribution in [0, 0.1) is 5.92 Å². The Morgan fingerprint density at radius 1 is 1.03 bits per heavy atom. The van der Waals surface area contributed by atoms with Gasteiger partial charge in [-0.15, -0.1) is 0 Å². The quantitative estimate of drug-likeness (QED) is 0.743. The number of hydrogen-bond acceptors (Lipinski definition) is 7. The number of fused-ring (bicyclic) bond motifs is 4. The molecule has 0 radical (unpaired) electrons. The molecule has 0 unspecified atom stereocenters. The molecule has 2 atom stereocenters. The van der Waals surface area contributed by atoms with Gasteiger partial charge >= 0.3 is 6.03 Å². The zero-order chi connectivity index (χ0) is 22.4. The molecule has 5 aliphatic rings. The number of urea groups is 1. The lowest BCUT2D eigenvalue weighted by atomic mass is 9.88. The molecular formula is C24H31N5O4. The summed E-state index contributed by atoms with van der Waals surface area (Å²) in [7, 11) is 0. The molecule has 9 nitrogen and oxygen atoms in total. The van der Waals surface area contributed by atoms with E-state index in [2.05, 4.69) is 32.4 Å². The van der Waals surface area contributed by atoms with Gasteiger partial charge < -0.3 is 9.26 Å². The first kappa shape index (κ1) is 21.1. The van der Waals surface area contributed by atoms with Crippen molar-refractivity contribution in [1.29, 1.82) is 0 Å². The van der Waals surface area contributed by atoms with Gasteiger partial charge in [0.2, 0.25) is 5.91 Å². The Balaban J connectivity index is 1.15. The summed E-state index contributed by atoms with van der Waals surface area (Å²) >= 11 is 0. The van der Waals surface area contributed by atoms with Gasteiger partial charge in [-0.3, -0.25) is 24.8 Å². The van der Waals surface area contributed by atoms with Crippen LogP contribution in [0.2, 0.25) is 0 Å². The second kappa shape index (κ2) is 8.70. The molecule has 5 fully saturated rings. The summed E-state index contributed by atoms with van der Waals surface area (Å²) < 4.78 is 11.0. The summed E-state index contributed by atoms with van der Waals surface area (Å²) in [5, 5.41) is 7.32. The lowest BCUT2D eigenvalue weighted by molar-refractivity contribution is -0.120. The number of nitrogens with one attached hydrogen (secondary N) is 1. The Labute approximate surface area is 193 Å². The number of aromatic nitrogens is 1. The SMILES string of the molecule is O=C1CCN(c2noc3ccc(CN4C[C@H]5CC[C@@H]4CN5CC4CCOCC4)cc23)C(=O)N1. The van der Waals surface area contributed by atoms with Crippen molar-refractivity contribution in [3.63, 3.8) is 0 Å². The van der Waals surface area contributed by atoms with Gasteiger partial charge in [0.25, 0.3) is 0 Å². The molecule has 0 spiro atoms. The number of anilines is 1. The number of rotatable bonds is 5. The van der Waals surface area contributed by atoms with Gasteiger partial charge in [0, 0.05) is 64.4 Å². The van der Waals surface area contributed by atoms with Crippen molar-refractivity contribution in [3.05, 3.63) is 23.8 Å². The topological polar surface area (TPSA) is 91.2 Å². The Bertz CT molecular complexity index is 1050. The summed E-state index contributed by atoms with van der Waals surface area (Å²) in [5.74, 6) is 1.01. The number of benzene rings is 1. The molecule has 1 aromatic carbocycles. The highest BCUT2D eigenvalue weighted by atomic mass is 16.5. The minimum atomic E-state index is -0.440. The highest BCUT2D eigenvalue weighted by molar-refractivity contribution is 6.08. The number of carbonyl (C=O) groups is 2. The van der Waals surface area contributed by atoms with Crippen LogP contribution in [-0.2, 0) is 16.1 Å². The van der Waals surface area contributed by atoms with E-state index in [9.17, 15) is 9.59 Å². The summed E-state index contributed by atoms with van der Waals surface area (Å²) in [6, 6.07) is 6.92. The molecule has 9 heteroatoms. The molecule has 7 rings (SSSR count). The fourth-order valence-corrected chi connectivity index (χ4v) is 5.95. The van der Waals surface area contributed by atoms with E-state index in [1.807, 2.05) is 6.07 Å². The molecule has 5 aliphatic heterocycles. The number of piperidine rings is 2. The van der Waals surface area contributed by atoms with Gasteiger partial charge in [-0.05, 0) is 49.3 Å². The third-order valence-electron chi connectivity index (χ3n) is 7.80. The van der Waals surface area contributed by atoms with Crippen molar-refractivity contribution < 1.29 is 18.8 Å². The normalized spacial score (nSPS) is 27.5. The first-order valence-electron chi connectivity index (χ1n) is 12.2. The van der Waals surface area contributed by atoms with Crippen LogP contribution in [-0.4, -0.2) is 78.4 Å². The molecule has 2 bridgehead atoms. The molecule has 33 heavy (non-hydrogen) atoms. The van der Waals surface area contributed by atoms with Crippen molar-refractivity contribution in [1.82, 2.24) is 20.3 Å². The van der Waals surface area contributed by atoms with Crippen molar-refractivity contribution in [3.8, 4) is 0 Å². The monoisotopic (exact) mass is 453 g/mol. The Morgan fingerprint density at radius 3 is 2.58 bits per heavy atom. The smallest absolute Gasteiger partial charge is 0.329 e. The second-order valence-electron chi connectivity index (χ2n) is 9.92. The number of imide groups is 1. The summed E-state index contributed by atoms with van der Waals surface area (Å²) in [6.07, 6.45) is 5.21. The first-order valence-corrected chi connectivity index (χ1v) is 12.2. The molecule has 0 aliphatic carbocycles. The van der Waals surface area contributed by atoms with Crippen LogP contribution in [0.15, 0.2) is 22.7 Å². The fourth-order valence-electron chi connectivity index (χ4n) is 5.95. The maximum Gasteiger partial charge on any atom is 0.329 e. The molecule has 2 aromatic rings. The van der Waals surface area contributed by atoms with Gasteiger partial charge in [0.1, 0.15) is 0 Å². The first-order chi connectivity index (χ1) is 16.1. The molecule has 3 amide bonds. The lowest BCUT2D eigenvalue weighted by Gasteiger charge is -2.52. The summed E-state index contributed by atoms with van der Waals surface area (Å²) in [6.45, 7) is 6.52. The summed E-state index contributed by atoms with van der Waals surface area (Å²) in [4.78, 5) is 30.7. The molecule has 1 aromatic heterocycles. The van der Waals surface area contributed by atoms with Crippen molar-refractivity contribution in [2.45, 2.75) is 50.7 Å². The minimum Gasteiger partial charge on any atom is -0.381 e. The van der Waals surface area contributed by atoms with Gasteiger partial charge in [0.15, 0.2) is 11.4 Å². The van der Waals surface area contributed by atoms with Crippen LogP contribution < -0.4 is 10.2 Å². The molecule has 0 saturated carbocycles. The third-order valence-corrected chi connectivity index (χ3v) is 7.80. The van der Waals surface area contributed by atoms with E-state index >= 15 is 0 Å². The second-order valence-corrected chi connectivity index (χ2v) is 9.92. The number of amides is 3. The molecule has 1 N–H and O–H groups in total. The maximum absolute atomic E-state index is 12.3. The van der Waals surface area contributed by atoms with Crippen LogP contribution >= 0.6 is 0 Å². The van der Waals surface area contributed by atoms with E-state index < -0.39 is 6.03 Å². The lowest BCUT2D eigenvalue weighted by Crippen LogP contribution is -2.62. The van der Waals surface area contributed by atoms with Gasteiger partial charge in [-0.25, -0.2) is 4.79 Å². The van der Waals surface area contributed by atoms with E-state index in [-0.39, 0.29) is 12.3 Å². The number of hydrogen-bond donors (Lipinski definition) is 1. The van der Waals surface area contributed by atoms with Crippen LogP contribution in [0.4, 0.5) is 10.6 Å². The number of ether oxygens (including phenoxy) is 1. The summed E-state index contributed by atoms with van der Waals surface area (Å²) in [5.41, 5.74) is 1.85. The van der Waals surface area contributed by atoms with E-state index in [1.54, 1.807) is 0 Å². The van der Waals surface area contributed by atoms with Gasteiger partial charge in [-0.1, -0.05) is 11.2 Å². The minimum absolute atomic E-state index is 0.254. The molecule has 6 heterocycles. The van der Waals surface area contributed by atoms with Crippen molar-refractivity contribution in [2.24, 2.45) is 5.92 Å². The molecule has 5 saturated heterocycles. The number of carbonyl (C=O) groups excluding carboxylic acids is 2. The molecule has 176 valence electrons. The predicted octanol–water partition coefficient (Wildman–Crippen LogP) is 2.35. The van der Waals surface area contributed by atoms with E-state index in [0.29, 0.717) is 30.0 Å². The number of nitrogens with zero attached hydrogens (tertiary/aromatic N) is 4. The largest absolute Gasteiger partial charge is 0.381 e. The zero-order valence-corrected chi connectivity index (χ0v) is 18.9. The Morgan fingerprint density at radius 2 is 1.82 bits per heavy atom. The van der Waals surface area contributed by atoms with Gasteiger partial charge in [-0.2, -0.15) is 0 Å². The average molecular weight is 454 g/mol.